The summed E-state index contributed by atoms with van der Waals surface area (Å²) < 4.78 is 7.54. The number of nitrogens with one attached hydrogen (secondary N) is 1. The highest BCUT2D eigenvalue weighted by Gasteiger charge is 2.44. The maximum atomic E-state index is 12.6. The molecule has 3 fully saturated rings. The molecule has 0 unspecified atom stereocenters. The number of likely N-dealkylation sites (tertiary alicyclic amines) is 1. The molecule has 24 heavy (non-hydrogen) atoms. The van der Waals surface area contributed by atoms with Crippen molar-refractivity contribution in [1.82, 2.24) is 25.0 Å². The summed E-state index contributed by atoms with van der Waals surface area (Å²) in [6, 6.07) is 0.352. The van der Waals surface area contributed by atoms with Crippen LogP contribution in [-0.2, 0) is 16.6 Å². The van der Waals surface area contributed by atoms with Crippen molar-refractivity contribution in [3.05, 3.63) is 12.2 Å². The van der Waals surface area contributed by atoms with Gasteiger partial charge in [0.25, 0.3) is 5.91 Å². The number of fused-ring (bicyclic) bond motifs is 1. The molecule has 1 N–H and O–H groups in total. The number of hydrogen-bond acceptors (Lipinski definition) is 5. The summed E-state index contributed by atoms with van der Waals surface area (Å²) >= 11 is 0. The molecule has 3 aliphatic rings. The predicted molar refractivity (Wildman–Crippen MR) is 84.1 cm³/mol. The minimum atomic E-state index is -0.380. The Morgan fingerprint density at radius 3 is 2.75 bits per heavy atom. The quantitative estimate of drug-likeness (QED) is 0.856. The van der Waals surface area contributed by atoms with Crippen LogP contribution in [0.4, 0.5) is 0 Å². The molecule has 1 saturated carbocycles. The Bertz CT molecular complexity index is 641. The van der Waals surface area contributed by atoms with Gasteiger partial charge >= 0.3 is 0 Å². The Kier molecular flexibility index (Phi) is 3.99. The van der Waals surface area contributed by atoms with Crippen molar-refractivity contribution in [1.29, 1.82) is 0 Å². The van der Waals surface area contributed by atoms with E-state index < -0.39 is 0 Å². The Morgan fingerprint density at radius 1 is 1.25 bits per heavy atom. The molecule has 0 spiro atoms. The molecule has 1 aliphatic carbocycles. The number of rotatable bonds is 3. The highest BCUT2D eigenvalue weighted by Crippen LogP contribution is 2.32. The minimum absolute atomic E-state index is 0.00863. The van der Waals surface area contributed by atoms with Gasteiger partial charge in [0.15, 0.2) is 0 Å². The molecule has 2 aliphatic heterocycles. The molecule has 130 valence electrons. The first-order valence-electron chi connectivity index (χ1n) is 8.74. The molecule has 1 aromatic rings. The highest BCUT2D eigenvalue weighted by molar-refractivity contribution is 5.91. The van der Waals surface area contributed by atoms with Gasteiger partial charge in [-0.2, -0.15) is 0 Å². The van der Waals surface area contributed by atoms with Crippen LogP contribution in [0.1, 0.15) is 49.1 Å². The van der Waals surface area contributed by atoms with Gasteiger partial charge in [-0.3, -0.25) is 14.3 Å². The number of amides is 2. The van der Waals surface area contributed by atoms with Crippen molar-refractivity contribution in [2.75, 3.05) is 6.54 Å². The number of aryl methyl sites for hydroxylation is 1. The number of hydrogen-bond donors (Lipinski definition) is 1. The molecule has 8 heteroatoms. The smallest absolute Gasteiger partial charge is 0.293 e. The molecule has 1 aromatic heterocycles. The fourth-order valence-corrected chi connectivity index (χ4v) is 3.78. The third-order valence-electron chi connectivity index (χ3n) is 5.34. The highest BCUT2D eigenvalue weighted by atomic mass is 16.5. The Morgan fingerprint density at radius 2 is 2.08 bits per heavy atom. The summed E-state index contributed by atoms with van der Waals surface area (Å²) in [6.45, 7) is 0.628. The lowest BCUT2D eigenvalue weighted by molar-refractivity contribution is -0.144. The number of nitrogens with zero attached hydrogens (tertiary/aromatic N) is 4. The lowest BCUT2D eigenvalue weighted by Gasteiger charge is -2.36. The zero-order valence-electron chi connectivity index (χ0n) is 13.9. The van der Waals surface area contributed by atoms with E-state index in [4.69, 9.17) is 4.74 Å². The Balaban J connectivity index is 1.37. The van der Waals surface area contributed by atoms with E-state index >= 15 is 0 Å². The molecule has 0 radical (unpaired) electrons. The van der Waals surface area contributed by atoms with Gasteiger partial charge in [-0.05, 0) is 38.5 Å². The largest absolute Gasteiger partial charge is 0.363 e. The van der Waals surface area contributed by atoms with E-state index in [1.165, 1.54) is 17.4 Å². The molecule has 2 saturated heterocycles. The monoisotopic (exact) mass is 333 g/mol. The molecular weight excluding hydrogens is 310 g/mol. The van der Waals surface area contributed by atoms with Gasteiger partial charge in [0.1, 0.15) is 12.4 Å². The van der Waals surface area contributed by atoms with E-state index in [0.717, 1.165) is 25.7 Å². The fourth-order valence-electron chi connectivity index (χ4n) is 3.78. The van der Waals surface area contributed by atoms with E-state index in [-0.39, 0.29) is 35.9 Å². The van der Waals surface area contributed by atoms with Crippen LogP contribution < -0.4 is 5.32 Å². The number of carbonyl (C=O) groups excluding carboxylic acids is 2. The van der Waals surface area contributed by atoms with E-state index in [9.17, 15) is 9.59 Å². The standard InChI is InChI=1S/C16H23N5O3/c1-20-9-17-14(19-20)16(23)21-8-7-12-11(21)5-6-13(24-12)15(22)18-10-3-2-4-10/h9-13H,2-8H2,1H3,(H,18,22)/t11-,12-,13+/m1/s1. The van der Waals surface area contributed by atoms with Gasteiger partial charge in [0.2, 0.25) is 11.7 Å². The first kappa shape index (κ1) is 15.6. The zero-order chi connectivity index (χ0) is 16.7. The molecule has 3 heterocycles. The van der Waals surface area contributed by atoms with E-state index in [0.29, 0.717) is 19.0 Å². The first-order valence-corrected chi connectivity index (χ1v) is 8.74. The van der Waals surface area contributed by atoms with Gasteiger partial charge in [-0.15, -0.1) is 5.10 Å². The van der Waals surface area contributed by atoms with Crippen LogP contribution in [0, 0.1) is 0 Å². The van der Waals surface area contributed by atoms with Crippen molar-refractivity contribution in [2.24, 2.45) is 7.05 Å². The number of ether oxygens (including phenoxy) is 1. The second-order valence-electron chi connectivity index (χ2n) is 6.97. The van der Waals surface area contributed by atoms with Gasteiger partial charge in [-0.1, -0.05) is 0 Å². The second kappa shape index (κ2) is 6.16. The van der Waals surface area contributed by atoms with Gasteiger partial charge in [0, 0.05) is 19.6 Å². The third kappa shape index (κ3) is 2.79. The van der Waals surface area contributed by atoms with Crippen LogP contribution >= 0.6 is 0 Å². The van der Waals surface area contributed by atoms with Crippen molar-refractivity contribution >= 4 is 11.8 Å². The average Bonchev–Trinajstić information content (AvgIpc) is 3.15. The molecule has 3 atom stereocenters. The topological polar surface area (TPSA) is 89.4 Å². The summed E-state index contributed by atoms with van der Waals surface area (Å²) in [5.74, 6) is 0.0846. The minimum Gasteiger partial charge on any atom is -0.363 e. The van der Waals surface area contributed by atoms with Crippen LogP contribution in [0.25, 0.3) is 0 Å². The van der Waals surface area contributed by atoms with Crippen LogP contribution in [-0.4, -0.2) is 62.3 Å². The third-order valence-corrected chi connectivity index (χ3v) is 5.34. The summed E-state index contributed by atoms with van der Waals surface area (Å²) in [4.78, 5) is 30.7. The molecular formula is C16H23N5O3. The normalized spacial score (nSPS) is 29.9. The average molecular weight is 333 g/mol. The SMILES string of the molecule is Cn1cnc(C(=O)N2CC[C@H]3O[C@H](C(=O)NC4CCC4)CC[C@H]32)n1. The lowest BCUT2D eigenvalue weighted by atomic mass is 9.92. The Hall–Kier alpha value is -1.96. The van der Waals surface area contributed by atoms with E-state index in [1.54, 1.807) is 11.9 Å². The van der Waals surface area contributed by atoms with Crippen molar-refractivity contribution < 1.29 is 14.3 Å². The lowest BCUT2D eigenvalue weighted by Crippen LogP contribution is -2.51. The fraction of sp³-hybridized carbons (Fsp3) is 0.750. The summed E-state index contributed by atoms with van der Waals surface area (Å²) in [7, 11) is 1.74. The summed E-state index contributed by atoms with van der Waals surface area (Å²) in [5.41, 5.74) is 0. The Labute approximate surface area is 140 Å². The molecule has 0 bridgehead atoms. The van der Waals surface area contributed by atoms with Crippen molar-refractivity contribution in [2.45, 2.75) is 62.8 Å². The van der Waals surface area contributed by atoms with E-state index in [2.05, 4.69) is 15.4 Å². The molecule has 0 aromatic carbocycles. The first-order chi connectivity index (χ1) is 11.6. The van der Waals surface area contributed by atoms with Crippen LogP contribution in [0.2, 0.25) is 0 Å². The molecule has 2 amide bonds. The van der Waals surface area contributed by atoms with E-state index in [1.807, 2.05) is 0 Å². The van der Waals surface area contributed by atoms with Crippen LogP contribution in [0.15, 0.2) is 6.33 Å². The van der Waals surface area contributed by atoms with Crippen molar-refractivity contribution in [3.8, 4) is 0 Å². The molecule has 8 nitrogen and oxygen atoms in total. The van der Waals surface area contributed by atoms with Crippen molar-refractivity contribution in [3.63, 3.8) is 0 Å². The number of carbonyl (C=O) groups is 2. The predicted octanol–water partition coefficient (Wildman–Crippen LogP) is 0.246. The zero-order valence-corrected chi connectivity index (χ0v) is 13.9. The van der Waals surface area contributed by atoms with Crippen LogP contribution in [0.3, 0.4) is 0 Å². The number of aromatic nitrogens is 3. The maximum Gasteiger partial charge on any atom is 0.293 e. The second-order valence-corrected chi connectivity index (χ2v) is 6.97. The van der Waals surface area contributed by atoms with Gasteiger partial charge in [-0.25, -0.2) is 4.98 Å². The summed E-state index contributed by atoms with van der Waals surface area (Å²) in [5, 5.41) is 7.16. The maximum absolute atomic E-state index is 12.6. The van der Waals surface area contributed by atoms with Gasteiger partial charge < -0.3 is 15.0 Å². The molecule has 4 rings (SSSR count). The van der Waals surface area contributed by atoms with Crippen LogP contribution in [0.5, 0.6) is 0 Å². The van der Waals surface area contributed by atoms with Gasteiger partial charge in [0.05, 0.1) is 12.1 Å². The summed E-state index contributed by atoms with van der Waals surface area (Å²) in [6.07, 6.45) is 6.62.